The van der Waals surface area contributed by atoms with Crippen LogP contribution in [0.3, 0.4) is 0 Å². The van der Waals surface area contributed by atoms with Gasteiger partial charge in [0.2, 0.25) is 11.8 Å². The van der Waals surface area contributed by atoms with Crippen LogP contribution in [0.4, 0.5) is 0 Å². The van der Waals surface area contributed by atoms with Crippen LogP contribution in [0, 0.1) is 5.92 Å². The van der Waals surface area contributed by atoms with Gasteiger partial charge in [-0.15, -0.1) is 0 Å². The summed E-state index contributed by atoms with van der Waals surface area (Å²) in [4.78, 5) is 28.4. The molecule has 2 amide bonds. The molecule has 1 atom stereocenters. The molecule has 0 aliphatic carbocycles. The number of carbonyl (C=O) groups is 2. The maximum atomic E-state index is 13.8. The highest BCUT2D eigenvalue weighted by atomic mass is 16.2. The third kappa shape index (κ3) is 7.31. The molecule has 0 spiro atoms. The fraction of sp³-hybridized carbons (Fsp3) is 0.333. The van der Waals surface area contributed by atoms with Crippen molar-refractivity contribution in [3.8, 4) is 0 Å². The van der Waals surface area contributed by atoms with Crippen molar-refractivity contribution >= 4 is 11.8 Å². The van der Waals surface area contributed by atoms with Gasteiger partial charge in [0.15, 0.2) is 0 Å². The fourth-order valence-electron chi connectivity index (χ4n) is 4.11. The van der Waals surface area contributed by atoms with Gasteiger partial charge >= 0.3 is 0 Å². The molecule has 0 fully saturated rings. The predicted octanol–water partition coefficient (Wildman–Crippen LogP) is 5.44. The van der Waals surface area contributed by atoms with Crippen LogP contribution in [0.5, 0.6) is 0 Å². The van der Waals surface area contributed by atoms with Crippen molar-refractivity contribution in [3.63, 3.8) is 0 Å². The monoisotopic (exact) mass is 456 g/mol. The summed E-state index contributed by atoms with van der Waals surface area (Å²) in [5, 5.41) is 3.00. The Bertz CT molecular complexity index is 980. The van der Waals surface area contributed by atoms with Gasteiger partial charge < -0.3 is 10.2 Å². The summed E-state index contributed by atoms with van der Waals surface area (Å²) in [6.45, 7) is 7.05. The second-order valence-electron chi connectivity index (χ2n) is 9.22. The van der Waals surface area contributed by atoms with Crippen molar-refractivity contribution in [2.45, 2.75) is 45.6 Å². The highest BCUT2D eigenvalue weighted by molar-refractivity contribution is 5.87. The molecule has 1 N–H and O–H groups in total. The Morgan fingerprint density at radius 3 is 1.76 bits per heavy atom. The van der Waals surface area contributed by atoms with E-state index in [1.807, 2.05) is 61.5 Å². The standard InChI is InChI=1S/C30H36N2O2/c1-23(2)22-31-30(34)24(3)32(20-19-25-13-7-4-8-14-25)29(33)21-28(26-15-9-5-10-16-26)27-17-11-6-12-18-27/h4-18,23-24,28H,19-22H2,1-3H3,(H,31,34)/t24-/m0/s1. The van der Waals surface area contributed by atoms with Gasteiger partial charge in [-0.2, -0.15) is 0 Å². The fourth-order valence-corrected chi connectivity index (χ4v) is 4.11. The maximum absolute atomic E-state index is 13.8. The minimum absolute atomic E-state index is 0.0131. The van der Waals surface area contributed by atoms with Gasteiger partial charge in [0.05, 0.1) is 0 Å². The van der Waals surface area contributed by atoms with E-state index >= 15 is 0 Å². The first-order valence-electron chi connectivity index (χ1n) is 12.2. The lowest BCUT2D eigenvalue weighted by Gasteiger charge is -2.31. The maximum Gasteiger partial charge on any atom is 0.242 e. The highest BCUT2D eigenvalue weighted by Gasteiger charge is 2.28. The van der Waals surface area contributed by atoms with Gasteiger partial charge in [0, 0.05) is 25.4 Å². The Morgan fingerprint density at radius 2 is 1.26 bits per heavy atom. The molecule has 178 valence electrons. The van der Waals surface area contributed by atoms with Crippen molar-refractivity contribution in [1.29, 1.82) is 0 Å². The minimum atomic E-state index is -0.540. The average Bonchev–Trinajstić information content (AvgIpc) is 2.87. The minimum Gasteiger partial charge on any atom is -0.354 e. The SMILES string of the molecule is CC(C)CNC(=O)[C@H](C)N(CCc1ccccc1)C(=O)CC(c1ccccc1)c1ccccc1. The second-order valence-corrected chi connectivity index (χ2v) is 9.22. The first-order valence-corrected chi connectivity index (χ1v) is 12.2. The van der Waals surface area contributed by atoms with Crippen molar-refractivity contribution in [2.24, 2.45) is 5.92 Å². The molecule has 4 nitrogen and oxygen atoms in total. The molecule has 3 aromatic carbocycles. The molecular formula is C30H36N2O2. The van der Waals surface area contributed by atoms with Gasteiger partial charge in [0.25, 0.3) is 0 Å². The summed E-state index contributed by atoms with van der Waals surface area (Å²) in [6.07, 6.45) is 1.01. The van der Waals surface area contributed by atoms with Crippen LogP contribution in [-0.4, -0.2) is 35.8 Å². The number of amides is 2. The molecule has 0 bridgehead atoms. The number of benzene rings is 3. The van der Waals surface area contributed by atoms with Crippen LogP contribution in [0.15, 0.2) is 91.0 Å². The van der Waals surface area contributed by atoms with Gasteiger partial charge in [-0.25, -0.2) is 0 Å². The van der Waals surface area contributed by atoms with Crippen LogP contribution in [0.25, 0.3) is 0 Å². The van der Waals surface area contributed by atoms with E-state index in [1.165, 1.54) is 0 Å². The Kier molecular flexibility index (Phi) is 9.45. The molecular weight excluding hydrogens is 420 g/mol. The largest absolute Gasteiger partial charge is 0.354 e. The molecule has 0 heterocycles. The lowest BCUT2D eigenvalue weighted by atomic mass is 9.88. The van der Waals surface area contributed by atoms with Crippen molar-refractivity contribution in [2.75, 3.05) is 13.1 Å². The van der Waals surface area contributed by atoms with E-state index in [1.54, 1.807) is 4.90 Å². The summed E-state index contributed by atoms with van der Waals surface area (Å²) < 4.78 is 0. The Hall–Kier alpha value is -3.40. The number of nitrogens with one attached hydrogen (secondary N) is 1. The third-order valence-electron chi connectivity index (χ3n) is 6.12. The van der Waals surface area contributed by atoms with E-state index in [2.05, 4.69) is 55.6 Å². The third-order valence-corrected chi connectivity index (χ3v) is 6.12. The van der Waals surface area contributed by atoms with Crippen molar-refractivity contribution in [1.82, 2.24) is 10.2 Å². The molecule has 3 aromatic rings. The van der Waals surface area contributed by atoms with E-state index in [0.717, 1.165) is 16.7 Å². The molecule has 0 unspecified atom stereocenters. The molecule has 0 aliphatic heterocycles. The van der Waals surface area contributed by atoms with Gasteiger partial charge in [-0.1, -0.05) is 105 Å². The quantitative estimate of drug-likeness (QED) is 0.418. The van der Waals surface area contributed by atoms with Gasteiger partial charge in [0.1, 0.15) is 6.04 Å². The average molecular weight is 457 g/mol. The molecule has 0 aliphatic rings. The molecule has 0 aromatic heterocycles. The van der Waals surface area contributed by atoms with E-state index in [4.69, 9.17) is 0 Å². The first kappa shape index (κ1) is 25.2. The van der Waals surface area contributed by atoms with Crippen LogP contribution >= 0.6 is 0 Å². The zero-order chi connectivity index (χ0) is 24.3. The number of rotatable bonds is 11. The molecule has 4 heteroatoms. The molecule has 3 rings (SSSR count). The van der Waals surface area contributed by atoms with Gasteiger partial charge in [-0.3, -0.25) is 9.59 Å². The van der Waals surface area contributed by atoms with Crippen LogP contribution < -0.4 is 5.32 Å². The zero-order valence-electron chi connectivity index (χ0n) is 20.5. The summed E-state index contributed by atoms with van der Waals surface area (Å²) in [7, 11) is 0. The Morgan fingerprint density at radius 1 is 0.765 bits per heavy atom. The number of carbonyl (C=O) groups excluding carboxylic acids is 2. The molecule has 0 saturated heterocycles. The Labute approximate surface area is 204 Å². The first-order chi connectivity index (χ1) is 16.5. The zero-order valence-corrected chi connectivity index (χ0v) is 20.5. The molecule has 0 radical (unpaired) electrons. The molecule has 0 saturated carbocycles. The van der Waals surface area contributed by atoms with E-state index in [-0.39, 0.29) is 17.7 Å². The topological polar surface area (TPSA) is 49.4 Å². The van der Waals surface area contributed by atoms with Crippen molar-refractivity contribution < 1.29 is 9.59 Å². The summed E-state index contributed by atoms with van der Waals surface area (Å²) in [5.74, 6) is 0.164. The number of nitrogens with zero attached hydrogens (tertiary/aromatic N) is 1. The van der Waals surface area contributed by atoms with E-state index < -0.39 is 6.04 Å². The number of hydrogen-bond acceptors (Lipinski definition) is 2. The van der Waals surface area contributed by atoms with Crippen LogP contribution in [0.2, 0.25) is 0 Å². The van der Waals surface area contributed by atoms with E-state index in [9.17, 15) is 9.59 Å². The van der Waals surface area contributed by atoms with E-state index in [0.29, 0.717) is 31.8 Å². The highest BCUT2D eigenvalue weighted by Crippen LogP contribution is 2.29. The summed E-state index contributed by atoms with van der Waals surface area (Å²) in [5.41, 5.74) is 3.35. The van der Waals surface area contributed by atoms with Gasteiger partial charge in [-0.05, 0) is 36.0 Å². The summed E-state index contributed by atoms with van der Waals surface area (Å²) >= 11 is 0. The second kappa shape index (κ2) is 12.7. The molecule has 34 heavy (non-hydrogen) atoms. The lowest BCUT2D eigenvalue weighted by molar-refractivity contribution is -0.140. The predicted molar refractivity (Wildman–Crippen MR) is 139 cm³/mol. The Balaban J connectivity index is 1.83. The smallest absolute Gasteiger partial charge is 0.242 e. The normalized spacial score (nSPS) is 11.9. The summed E-state index contributed by atoms with van der Waals surface area (Å²) in [6, 6.07) is 29.8. The lowest BCUT2D eigenvalue weighted by Crippen LogP contribution is -2.49. The van der Waals surface area contributed by atoms with Crippen LogP contribution in [-0.2, 0) is 16.0 Å². The van der Waals surface area contributed by atoms with Crippen molar-refractivity contribution in [3.05, 3.63) is 108 Å². The van der Waals surface area contributed by atoms with Crippen LogP contribution in [0.1, 0.15) is 49.8 Å². The number of hydrogen-bond donors (Lipinski definition) is 1.